The second-order valence-electron chi connectivity index (χ2n) is 6.84. The number of nitrogen functional groups attached to an aromatic ring is 1. The Kier molecular flexibility index (Phi) is 5.57. The van der Waals surface area contributed by atoms with Gasteiger partial charge in [-0.1, -0.05) is 31.0 Å². The molecule has 1 atom stereocenters. The number of amides is 1. The zero-order chi connectivity index (χ0) is 18.0. The second-order valence-corrected chi connectivity index (χ2v) is 10.0. The van der Waals surface area contributed by atoms with Crippen molar-refractivity contribution >= 4 is 27.5 Å². The summed E-state index contributed by atoms with van der Waals surface area (Å²) >= 11 is 1.25. The average molecular weight is 388 g/mol. The Bertz CT molecular complexity index is 728. The molecule has 1 amide bonds. The van der Waals surface area contributed by atoms with Crippen LogP contribution >= 0.6 is 11.8 Å². The maximum atomic E-state index is 12.9. The van der Waals surface area contributed by atoms with Gasteiger partial charge in [0.2, 0.25) is 11.1 Å². The van der Waals surface area contributed by atoms with E-state index in [0.29, 0.717) is 17.4 Å². The van der Waals surface area contributed by atoms with E-state index in [2.05, 4.69) is 10.2 Å². The number of nitrogens with zero attached hydrogens (tertiary/aromatic N) is 4. The van der Waals surface area contributed by atoms with Crippen molar-refractivity contribution in [2.24, 2.45) is 0 Å². The van der Waals surface area contributed by atoms with Crippen molar-refractivity contribution in [1.82, 2.24) is 19.8 Å². The van der Waals surface area contributed by atoms with Crippen LogP contribution in [0.15, 0.2) is 5.16 Å². The largest absolute Gasteiger partial charge is 0.336 e. The SMILES string of the molecule is Cc1nnc(SCC(=O)N(C2CCCCC2)[C@@H]2CCS(=O)(=O)C2)n1N. The lowest BCUT2D eigenvalue weighted by atomic mass is 9.93. The molecule has 0 unspecified atom stereocenters. The van der Waals surface area contributed by atoms with Crippen LogP contribution in [0, 0.1) is 6.92 Å². The van der Waals surface area contributed by atoms with Gasteiger partial charge in [0.05, 0.1) is 17.3 Å². The molecule has 8 nitrogen and oxygen atoms in total. The lowest BCUT2D eigenvalue weighted by Crippen LogP contribution is -2.49. The van der Waals surface area contributed by atoms with Gasteiger partial charge in [-0.2, -0.15) is 0 Å². The highest BCUT2D eigenvalue weighted by Gasteiger charge is 2.38. The molecule has 2 aliphatic rings. The third-order valence-corrected chi connectivity index (χ3v) is 7.70. The van der Waals surface area contributed by atoms with E-state index < -0.39 is 9.84 Å². The van der Waals surface area contributed by atoms with E-state index in [1.165, 1.54) is 22.9 Å². The molecule has 0 spiro atoms. The molecule has 2 fully saturated rings. The Morgan fingerprint density at radius 3 is 2.52 bits per heavy atom. The average Bonchev–Trinajstić information content (AvgIpc) is 3.10. The minimum atomic E-state index is -3.03. The number of hydrogen-bond donors (Lipinski definition) is 1. The Morgan fingerprint density at radius 2 is 1.96 bits per heavy atom. The molecule has 1 aromatic heterocycles. The predicted molar refractivity (Wildman–Crippen MR) is 96.4 cm³/mol. The summed E-state index contributed by atoms with van der Waals surface area (Å²) in [6, 6.07) is -0.0451. The Hall–Kier alpha value is -1.29. The van der Waals surface area contributed by atoms with Gasteiger partial charge in [-0.15, -0.1) is 10.2 Å². The zero-order valence-corrected chi connectivity index (χ0v) is 16.1. The van der Waals surface area contributed by atoms with Crippen LogP contribution in [0.3, 0.4) is 0 Å². The normalized spacial score (nSPS) is 23.6. The van der Waals surface area contributed by atoms with E-state index in [1.807, 2.05) is 4.90 Å². The summed E-state index contributed by atoms with van der Waals surface area (Å²) in [5, 5.41) is 8.35. The third-order valence-electron chi connectivity index (χ3n) is 5.02. The molecule has 140 valence electrons. The highest BCUT2D eigenvalue weighted by atomic mass is 32.2. The van der Waals surface area contributed by atoms with Gasteiger partial charge in [-0.25, -0.2) is 13.1 Å². The summed E-state index contributed by atoms with van der Waals surface area (Å²) in [7, 11) is -3.03. The van der Waals surface area contributed by atoms with Crippen LogP contribution in [0.1, 0.15) is 44.3 Å². The van der Waals surface area contributed by atoms with Crippen LogP contribution in [-0.4, -0.2) is 63.4 Å². The van der Waals surface area contributed by atoms with Crippen LogP contribution in [0.5, 0.6) is 0 Å². The number of sulfone groups is 1. The van der Waals surface area contributed by atoms with Crippen molar-refractivity contribution < 1.29 is 13.2 Å². The summed E-state index contributed by atoms with van der Waals surface area (Å²) in [6.45, 7) is 1.75. The number of nitrogens with two attached hydrogens (primary N) is 1. The quantitative estimate of drug-likeness (QED) is 0.586. The molecule has 25 heavy (non-hydrogen) atoms. The first-order valence-corrected chi connectivity index (χ1v) is 11.5. The fourth-order valence-corrected chi connectivity index (χ4v) is 6.19. The van der Waals surface area contributed by atoms with E-state index >= 15 is 0 Å². The Morgan fingerprint density at radius 1 is 1.24 bits per heavy atom. The maximum Gasteiger partial charge on any atom is 0.233 e. The smallest absolute Gasteiger partial charge is 0.233 e. The van der Waals surface area contributed by atoms with Gasteiger partial charge in [-0.3, -0.25) is 4.79 Å². The molecular formula is C15H25N5O3S2. The van der Waals surface area contributed by atoms with Crippen LogP contribution in [0.2, 0.25) is 0 Å². The van der Waals surface area contributed by atoms with Crippen LogP contribution in [0.4, 0.5) is 0 Å². The number of aryl methyl sites for hydroxylation is 1. The van der Waals surface area contributed by atoms with Crippen molar-refractivity contribution in [1.29, 1.82) is 0 Å². The van der Waals surface area contributed by atoms with Gasteiger partial charge in [0.1, 0.15) is 5.82 Å². The summed E-state index contributed by atoms with van der Waals surface area (Å²) < 4.78 is 25.2. The van der Waals surface area contributed by atoms with Gasteiger partial charge in [0.15, 0.2) is 9.84 Å². The summed E-state index contributed by atoms with van der Waals surface area (Å²) in [5.41, 5.74) is 0. The lowest BCUT2D eigenvalue weighted by molar-refractivity contribution is -0.133. The van der Waals surface area contributed by atoms with Crippen molar-refractivity contribution in [3.05, 3.63) is 5.82 Å². The first kappa shape index (κ1) is 18.5. The fraction of sp³-hybridized carbons (Fsp3) is 0.800. The minimum Gasteiger partial charge on any atom is -0.336 e. The predicted octanol–water partition coefficient (Wildman–Crippen LogP) is 0.741. The van der Waals surface area contributed by atoms with Gasteiger partial charge < -0.3 is 10.7 Å². The molecule has 1 aliphatic heterocycles. The molecular weight excluding hydrogens is 362 g/mol. The molecule has 0 radical (unpaired) electrons. The zero-order valence-electron chi connectivity index (χ0n) is 14.4. The first-order valence-electron chi connectivity index (χ1n) is 8.69. The standard InChI is InChI=1S/C15H25N5O3S2/c1-11-17-18-15(20(11)16)24-9-14(21)19(12-5-3-2-4-6-12)13-7-8-25(22,23)10-13/h12-13H,2-10,16H2,1H3/t13-/m1/s1. The number of rotatable bonds is 5. The Labute approximate surface area is 152 Å². The summed E-state index contributed by atoms with van der Waals surface area (Å²) in [6.07, 6.45) is 5.83. The molecule has 1 aromatic rings. The molecule has 1 saturated heterocycles. The number of aromatic nitrogens is 3. The van der Waals surface area contributed by atoms with E-state index in [4.69, 9.17) is 5.84 Å². The molecule has 2 N–H and O–H groups in total. The van der Waals surface area contributed by atoms with Gasteiger partial charge in [0.25, 0.3) is 0 Å². The molecule has 1 aliphatic carbocycles. The number of carbonyl (C=O) groups is 1. The lowest BCUT2D eigenvalue weighted by Gasteiger charge is -2.38. The fourth-order valence-electron chi connectivity index (χ4n) is 3.71. The molecule has 0 aromatic carbocycles. The highest BCUT2D eigenvalue weighted by molar-refractivity contribution is 7.99. The minimum absolute atomic E-state index is 0.0281. The topological polar surface area (TPSA) is 111 Å². The van der Waals surface area contributed by atoms with Crippen LogP contribution in [0.25, 0.3) is 0 Å². The van der Waals surface area contributed by atoms with E-state index in [1.54, 1.807) is 6.92 Å². The summed E-state index contributed by atoms with van der Waals surface area (Å²) in [4.78, 5) is 14.8. The molecule has 0 bridgehead atoms. The first-order chi connectivity index (χ1) is 11.9. The highest BCUT2D eigenvalue weighted by Crippen LogP contribution is 2.29. The number of hydrogen-bond acceptors (Lipinski definition) is 7. The molecule has 3 rings (SSSR count). The van der Waals surface area contributed by atoms with E-state index in [0.717, 1.165) is 25.7 Å². The van der Waals surface area contributed by atoms with Crippen LogP contribution in [-0.2, 0) is 14.6 Å². The molecule has 1 saturated carbocycles. The van der Waals surface area contributed by atoms with E-state index in [9.17, 15) is 13.2 Å². The molecule has 2 heterocycles. The van der Waals surface area contributed by atoms with Crippen molar-refractivity contribution in [3.8, 4) is 0 Å². The van der Waals surface area contributed by atoms with Gasteiger partial charge in [0, 0.05) is 12.1 Å². The second kappa shape index (κ2) is 7.53. The van der Waals surface area contributed by atoms with Crippen molar-refractivity contribution in [3.63, 3.8) is 0 Å². The monoisotopic (exact) mass is 387 g/mol. The number of thioether (sulfide) groups is 1. The van der Waals surface area contributed by atoms with Crippen molar-refractivity contribution in [2.45, 2.75) is 62.7 Å². The van der Waals surface area contributed by atoms with Crippen LogP contribution < -0.4 is 5.84 Å². The molecule has 10 heteroatoms. The Balaban J connectivity index is 1.71. The van der Waals surface area contributed by atoms with E-state index in [-0.39, 0.29) is 35.2 Å². The van der Waals surface area contributed by atoms with Crippen molar-refractivity contribution in [2.75, 3.05) is 23.1 Å². The van der Waals surface area contributed by atoms with Gasteiger partial charge >= 0.3 is 0 Å². The third kappa shape index (κ3) is 4.28. The summed E-state index contributed by atoms with van der Waals surface area (Å²) in [5.74, 6) is 6.85. The number of carbonyl (C=O) groups excluding carboxylic acids is 1. The maximum absolute atomic E-state index is 12.9. The van der Waals surface area contributed by atoms with Gasteiger partial charge in [-0.05, 0) is 26.2 Å².